The lowest BCUT2D eigenvalue weighted by Gasteiger charge is -2.19. The lowest BCUT2D eigenvalue weighted by molar-refractivity contribution is 0.0957. The van der Waals surface area contributed by atoms with Crippen LogP contribution in [0.5, 0.6) is 0 Å². The van der Waals surface area contributed by atoms with Gasteiger partial charge in [-0.15, -0.1) is 0 Å². The number of halogens is 2. The minimum Gasteiger partial charge on any atom is -0.380 e. The zero-order chi connectivity index (χ0) is 10.7. The Labute approximate surface area is 94.0 Å². The van der Waals surface area contributed by atoms with E-state index in [1.807, 2.05) is 13.0 Å². The van der Waals surface area contributed by atoms with Crippen LogP contribution in [0.25, 0.3) is 0 Å². The zero-order valence-electron chi connectivity index (χ0n) is 8.13. The maximum absolute atomic E-state index is 5.94. The fourth-order valence-electron chi connectivity index (χ4n) is 1.14. The van der Waals surface area contributed by atoms with E-state index < -0.39 is 0 Å². The van der Waals surface area contributed by atoms with Crippen molar-refractivity contribution in [2.75, 3.05) is 7.11 Å². The van der Waals surface area contributed by atoms with Crippen molar-refractivity contribution in [1.29, 1.82) is 0 Å². The van der Waals surface area contributed by atoms with Crippen LogP contribution < -0.4 is 5.73 Å². The highest BCUT2D eigenvalue weighted by molar-refractivity contribution is 6.42. The fourth-order valence-corrected chi connectivity index (χ4v) is 1.44. The molecule has 2 nitrogen and oxygen atoms in total. The van der Waals surface area contributed by atoms with Crippen molar-refractivity contribution >= 4 is 23.2 Å². The van der Waals surface area contributed by atoms with E-state index >= 15 is 0 Å². The molecule has 2 N–H and O–H groups in total. The van der Waals surface area contributed by atoms with Crippen LogP contribution in [-0.4, -0.2) is 13.2 Å². The molecule has 4 heteroatoms. The summed E-state index contributed by atoms with van der Waals surface area (Å²) in [6.45, 7) is 1.91. The Morgan fingerprint density at radius 2 is 1.93 bits per heavy atom. The SMILES string of the molecule is COC(C)C(N)c1ccc(Cl)c(Cl)c1. The van der Waals surface area contributed by atoms with Crippen LogP contribution in [0.2, 0.25) is 10.0 Å². The van der Waals surface area contributed by atoms with E-state index in [-0.39, 0.29) is 12.1 Å². The van der Waals surface area contributed by atoms with E-state index in [2.05, 4.69) is 0 Å². The summed E-state index contributed by atoms with van der Waals surface area (Å²) in [6, 6.07) is 5.18. The van der Waals surface area contributed by atoms with Gasteiger partial charge in [0.1, 0.15) is 0 Å². The van der Waals surface area contributed by atoms with Gasteiger partial charge in [0.05, 0.1) is 22.2 Å². The van der Waals surface area contributed by atoms with Crippen LogP contribution in [-0.2, 0) is 4.74 Å². The molecular weight excluding hydrogens is 221 g/mol. The first-order valence-electron chi connectivity index (χ1n) is 4.29. The Morgan fingerprint density at radius 3 is 2.43 bits per heavy atom. The number of ether oxygens (including phenoxy) is 1. The Morgan fingerprint density at radius 1 is 1.29 bits per heavy atom. The van der Waals surface area contributed by atoms with Crippen molar-refractivity contribution in [2.45, 2.75) is 19.1 Å². The number of rotatable bonds is 3. The summed E-state index contributed by atoms with van der Waals surface area (Å²) in [4.78, 5) is 0. The highest BCUT2D eigenvalue weighted by Gasteiger charge is 2.14. The summed E-state index contributed by atoms with van der Waals surface area (Å²) < 4.78 is 5.14. The van der Waals surface area contributed by atoms with E-state index in [9.17, 15) is 0 Å². The van der Waals surface area contributed by atoms with Gasteiger partial charge < -0.3 is 10.5 Å². The molecule has 0 aliphatic heterocycles. The van der Waals surface area contributed by atoms with Gasteiger partial charge in [0.25, 0.3) is 0 Å². The smallest absolute Gasteiger partial charge is 0.0735 e. The van der Waals surface area contributed by atoms with Gasteiger partial charge in [-0.05, 0) is 24.6 Å². The molecule has 0 aromatic heterocycles. The third-order valence-corrected chi connectivity index (χ3v) is 2.95. The number of hydrogen-bond acceptors (Lipinski definition) is 2. The molecule has 1 aromatic carbocycles. The topological polar surface area (TPSA) is 35.2 Å². The quantitative estimate of drug-likeness (QED) is 0.872. The summed E-state index contributed by atoms with van der Waals surface area (Å²) in [6.07, 6.45) is -0.0488. The summed E-state index contributed by atoms with van der Waals surface area (Å²) in [7, 11) is 1.63. The molecule has 0 saturated carbocycles. The van der Waals surface area contributed by atoms with Gasteiger partial charge in [-0.1, -0.05) is 29.3 Å². The normalized spacial score (nSPS) is 15.2. The largest absolute Gasteiger partial charge is 0.380 e. The van der Waals surface area contributed by atoms with Crippen LogP contribution in [0, 0.1) is 0 Å². The van der Waals surface area contributed by atoms with Gasteiger partial charge in [0, 0.05) is 7.11 Å². The summed E-state index contributed by atoms with van der Waals surface area (Å²) >= 11 is 11.7. The molecule has 0 fully saturated rings. The molecule has 0 radical (unpaired) electrons. The van der Waals surface area contributed by atoms with Gasteiger partial charge in [-0.3, -0.25) is 0 Å². The maximum Gasteiger partial charge on any atom is 0.0735 e. The molecule has 78 valence electrons. The van der Waals surface area contributed by atoms with Crippen molar-refractivity contribution < 1.29 is 4.74 Å². The molecule has 0 bridgehead atoms. The third-order valence-electron chi connectivity index (χ3n) is 2.21. The molecule has 0 aliphatic rings. The molecule has 14 heavy (non-hydrogen) atoms. The number of nitrogens with two attached hydrogens (primary N) is 1. The molecular formula is C10H13Cl2NO. The Bertz CT molecular complexity index is 317. The number of methoxy groups -OCH3 is 1. The molecule has 0 spiro atoms. The number of hydrogen-bond donors (Lipinski definition) is 1. The lowest BCUT2D eigenvalue weighted by atomic mass is 10.0. The maximum atomic E-state index is 5.94. The highest BCUT2D eigenvalue weighted by Crippen LogP contribution is 2.26. The molecule has 0 saturated heterocycles. The van der Waals surface area contributed by atoms with Crippen LogP contribution in [0.1, 0.15) is 18.5 Å². The second-order valence-corrected chi connectivity index (χ2v) is 3.95. The van der Waals surface area contributed by atoms with Crippen molar-refractivity contribution in [1.82, 2.24) is 0 Å². The van der Waals surface area contributed by atoms with Crippen LogP contribution in [0.3, 0.4) is 0 Å². The zero-order valence-corrected chi connectivity index (χ0v) is 9.64. The average molecular weight is 234 g/mol. The molecule has 1 rings (SSSR count). The second kappa shape index (κ2) is 4.99. The monoisotopic (exact) mass is 233 g/mol. The van der Waals surface area contributed by atoms with Crippen molar-refractivity contribution in [3.8, 4) is 0 Å². The second-order valence-electron chi connectivity index (χ2n) is 3.14. The van der Waals surface area contributed by atoms with Gasteiger partial charge >= 0.3 is 0 Å². The van der Waals surface area contributed by atoms with Crippen molar-refractivity contribution in [2.24, 2.45) is 5.73 Å². The van der Waals surface area contributed by atoms with E-state index in [1.165, 1.54) is 0 Å². The van der Waals surface area contributed by atoms with Crippen LogP contribution >= 0.6 is 23.2 Å². The van der Waals surface area contributed by atoms with E-state index in [4.69, 9.17) is 33.7 Å². The van der Waals surface area contributed by atoms with Crippen molar-refractivity contribution in [3.63, 3.8) is 0 Å². The van der Waals surface area contributed by atoms with Crippen LogP contribution in [0.15, 0.2) is 18.2 Å². The first kappa shape index (κ1) is 11.8. The first-order valence-corrected chi connectivity index (χ1v) is 5.05. The van der Waals surface area contributed by atoms with Gasteiger partial charge in [-0.25, -0.2) is 0 Å². The minimum atomic E-state index is -0.185. The Balaban J connectivity index is 2.91. The summed E-state index contributed by atoms with van der Waals surface area (Å²) in [5.41, 5.74) is 6.87. The number of benzene rings is 1. The van der Waals surface area contributed by atoms with Gasteiger partial charge in [-0.2, -0.15) is 0 Å². The van der Waals surface area contributed by atoms with E-state index in [1.54, 1.807) is 19.2 Å². The predicted octanol–water partition coefficient (Wildman–Crippen LogP) is 3.03. The third kappa shape index (κ3) is 2.61. The molecule has 2 atom stereocenters. The fraction of sp³-hybridized carbons (Fsp3) is 0.400. The van der Waals surface area contributed by atoms with Crippen LogP contribution in [0.4, 0.5) is 0 Å². The molecule has 0 heterocycles. The standard InChI is InChI=1S/C10H13Cl2NO/c1-6(14-2)10(13)7-3-4-8(11)9(12)5-7/h3-6,10H,13H2,1-2H3. The minimum absolute atomic E-state index is 0.0488. The molecule has 2 unspecified atom stereocenters. The Hall–Kier alpha value is -0.280. The highest BCUT2D eigenvalue weighted by atomic mass is 35.5. The van der Waals surface area contributed by atoms with Crippen molar-refractivity contribution in [3.05, 3.63) is 33.8 Å². The average Bonchev–Trinajstić information content (AvgIpc) is 2.20. The Kier molecular flexibility index (Phi) is 4.20. The molecule has 0 amide bonds. The van der Waals surface area contributed by atoms with Gasteiger partial charge in [0.15, 0.2) is 0 Å². The lowest BCUT2D eigenvalue weighted by Crippen LogP contribution is -2.25. The summed E-state index contributed by atoms with van der Waals surface area (Å²) in [5.74, 6) is 0. The first-order chi connectivity index (χ1) is 6.56. The molecule has 1 aromatic rings. The van der Waals surface area contributed by atoms with E-state index in [0.29, 0.717) is 10.0 Å². The molecule has 0 aliphatic carbocycles. The van der Waals surface area contributed by atoms with E-state index in [0.717, 1.165) is 5.56 Å². The summed E-state index contributed by atoms with van der Waals surface area (Å²) in [5, 5.41) is 1.05. The predicted molar refractivity (Wildman–Crippen MR) is 59.9 cm³/mol. The van der Waals surface area contributed by atoms with Gasteiger partial charge in [0.2, 0.25) is 0 Å².